The molecule has 0 aromatic heterocycles. The van der Waals surface area contributed by atoms with E-state index in [2.05, 4.69) is 50.9 Å². The summed E-state index contributed by atoms with van der Waals surface area (Å²) in [6.07, 6.45) is 4.07. The summed E-state index contributed by atoms with van der Waals surface area (Å²) in [6, 6.07) is 6.37. The van der Waals surface area contributed by atoms with Crippen LogP contribution in [0.1, 0.15) is 36.6 Å². The molecule has 0 spiro atoms. The van der Waals surface area contributed by atoms with E-state index in [1.165, 1.54) is 24.8 Å². The van der Waals surface area contributed by atoms with Gasteiger partial charge in [-0.2, -0.15) is 0 Å². The third-order valence-corrected chi connectivity index (χ3v) is 5.63. The fourth-order valence-electron chi connectivity index (χ4n) is 2.71. The Morgan fingerprint density at radius 2 is 2.12 bits per heavy atom. The van der Waals surface area contributed by atoms with Crippen molar-refractivity contribution in [3.8, 4) is 5.75 Å². The Kier molecular flexibility index (Phi) is 4.53. The van der Waals surface area contributed by atoms with Gasteiger partial charge in [-0.25, -0.2) is 0 Å². The summed E-state index contributed by atoms with van der Waals surface area (Å²) in [6.45, 7) is 2.37. The fraction of sp³-hybridized carbons (Fsp3) is 0.571. The number of ether oxygens (including phenoxy) is 1. The van der Waals surface area contributed by atoms with Crippen LogP contribution in [0.15, 0.2) is 22.7 Å². The Bertz CT molecular complexity index is 392. The normalized spacial score (nSPS) is 25.9. The van der Waals surface area contributed by atoms with Gasteiger partial charge in [0.15, 0.2) is 0 Å². The highest BCUT2D eigenvalue weighted by molar-refractivity contribution is 9.10. The lowest BCUT2D eigenvalue weighted by atomic mass is 9.91. The molecule has 94 valence electrons. The average Bonchev–Trinajstić information content (AvgIpc) is 2.74. The van der Waals surface area contributed by atoms with Crippen molar-refractivity contribution < 1.29 is 4.74 Å². The van der Waals surface area contributed by atoms with Crippen LogP contribution in [0.5, 0.6) is 5.75 Å². The molecule has 0 N–H and O–H groups in total. The summed E-state index contributed by atoms with van der Waals surface area (Å²) in [7, 11) is 1.70. The molecule has 3 unspecified atom stereocenters. The van der Waals surface area contributed by atoms with Gasteiger partial charge in [0.2, 0.25) is 0 Å². The average molecular weight is 362 g/mol. The second-order valence-corrected chi connectivity index (χ2v) is 6.71. The van der Waals surface area contributed by atoms with Crippen LogP contribution >= 0.6 is 31.9 Å². The van der Waals surface area contributed by atoms with Crippen molar-refractivity contribution in [2.45, 2.75) is 31.0 Å². The van der Waals surface area contributed by atoms with Gasteiger partial charge in [-0.05, 0) is 51.9 Å². The molecule has 1 aromatic carbocycles. The van der Waals surface area contributed by atoms with Crippen LogP contribution in [0.4, 0.5) is 0 Å². The molecule has 0 heterocycles. The van der Waals surface area contributed by atoms with Gasteiger partial charge >= 0.3 is 0 Å². The number of halogens is 2. The molecule has 0 aliphatic heterocycles. The Morgan fingerprint density at radius 3 is 2.65 bits per heavy atom. The fourth-order valence-corrected chi connectivity index (χ4v) is 4.34. The minimum atomic E-state index is 0.460. The first-order valence-electron chi connectivity index (χ1n) is 6.11. The van der Waals surface area contributed by atoms with E-state index < -0.39 is 0 Å². The molecule has 3 heteroatoms. The van der Waals surface area contributed by atoms with Gasteiger partial charge in [0.05, 0.1) is 11.6 Å². The molecule has 0 saturated heterocycles. The van der Waals surface area contributed by atoms with Crippen LogP contribution in [0.3, 0.4) is 0 Å². The number of hydrogen-bond donors (Lipinski definition) is 0. The molecule has 1 aliphatic rings. The van der Waals surface area contributed by atoms with E-state index in [4.69, 9.17) is 4.74 Å². The smallest absolute Gasteiger partial charge is 0.133 e. The summed E-state index contributed by atoms with van der Waals surface area (Å²) in [5.41, 5.74) is 1.34. The number of alkyl halides is 1. The first-order valence-corrected chi connectivity index (χ1v) is 7.82. The second kappa shape index (κ2) is 5.75. The molecule has 2 rings (SSSR count). The van der Waals surface area contributed by atoms with Gasteiger partial charge in [0.1, 0.15) is 5.75 Å². The predicted molar refractivity (Wildman–Crippen MR) is 78.9 cm³/mol. The number of rotatable bonds is 3. The van der Waals surface area contributed by atoms with E-state index in [1.54, 1.807) is 7.11 Å². The van der Waals surface area contributed by atoms with Gasteiger partial charge in [0, 0.05) is 4.83 Å². The standard InChI is InChI=1S/C14H18Br2O/c1-9-4-3-5-11(9)14(16)10-6-7-13(17-2)12(15)8-10/h6-9,11,14H,3-5H2,1-2H3. The SMILES string of the molecule is COc1ccc(C(Br)C2CCCC2C)cc1Br. The van der Waals surface area contributed by atoms with Gasteiger partial charge in [0.25, 0.3) is 0 Å². The van der Waals surface area contributed by atoms with Gasteiger partial charge < -0.3 is 4.74 Å². The summed E-state index contributed by atoms with van der Waals surface area (Å²) >= 11 is 7.43. The van der Waals surface area contributed by atoms with Crippen LogP contribution in [0.25, 0.3) is 0 Å². The van der Waals surface area contributed by atoms with Crippen molar-refractivity contribution in [1.82, 2.24) is 0 Å². The van der Waals surface area contributed by atoms with E-state index in [1.807, 2.05) is 6.07 Å². The number of methoxy groups -OCH3 is 1. The molecule has 17 heavy (non-hydrogen) atoms. The first-order chi connectivity index (χ1) is 8.13. The topological polar surface area (TPSA) is 9.23 Å². The lowest BCUT2D eigenvalue weighted by Crippen LogP contribution is -2.10. The van der Waals surface area contributed by atoms with Crippen molar-refractivity contribution in [2.24, 2.45) is 11.8 Å². The zero-order valence-corrected chi connectivity index (χ0v) is 13.4. The van der Waals surface area contributed by atoms with Crippen LogP contribution < -0.4 is 4.74 Å². The molecule has 1 aliphatic carbocycles. The molecule has 1 nitrogen and oxygen atoms in total. The zero-order valence-electron chi connectivity index (χ0n) is 10.2. The molecular weight excluding hydrogens is 344 g/mol. The van der Waals surface area contributed by atoms with Crippen LogP contribution in [0, 0.1) is 11.8 Å². The lowest BCUT2D eigenvalue weighted by molar-refractivity contribution is 0.407. The summed E-state index contributed by atoms with van der Waals surface area (Å²) in [5.74, 6) is 2.48. The molecule has 1 aromatic rings. The quantitative estimate of drug-likeness (QED) is 0.661. The highest BCUT2D eigenvalue weighted by Crippen LogP contribution is 2.45. The van der Waals surface area contributed by atoms with Crippen LogP contribution in [-0.4, -0.2) is 7.11 Å². The Labute approximate surface area is 120 Å². The Hall–Kier alpha value is -0.0200. The van der Waals surface area contributed by atoms with Gasteiger partial charge in [-0.3, -0.25) is 0 Å². The molecule has 0 radical (unpaired) electrons. The maximum Gasteiger partial charge on any atom is 0.133 e. The molecule has 0 bridgehead atoms. The third kappa shape index (κ3) is 2.87. The highest BCUT2D eigenvalue weighted by Gasteiger charge is 2.30. The molecule has 3 atom stereocenters. The van der Waals surface area contributed by atoms with Gasteiger partial charge in [-0.15, -0.1) is 0 Å². The van der Waals surface area contributed by atoms with E-state index in [0.717, 1.165) is 22.1 Å². The second-order valence-electron chi connectivity index (χ2n) is 4.87. The van der Waals surface area contributed by atoms with Crippen molar-refractivity contribution in [3.63, 3.8) is 0 Å². The number of benzene rings is 1. The molecule has 1 saturated carbocycles. The monoisotopic (exact) mass is 360 g/mol. The van der Waals surface area contributed by atoms with E-state index >= 15 is 0 Å². The Morgan fingerprint density at radius 1 is 1.35 bits per heavy atom. The van der Waals surface area contributed by atoms with Crippen LogP contribution in [0.2, 0.25) is 0 Å². The Balaban J connectivity index is 2.19. The lowest BCUT2D eigenvalue weighted by Gasteiger charge is -2.22. The zero-order chi connectivity index (χ0) is 12.4. The van der Waals surface area contributed by atoms with Crippen molar-refractivity contribution in [1.29, 1.82) is 0 Å². The predicted octanol–water partition coefficient (Wildman–Crippen LogP) is 5.33. The minimum absolute atomic E-state index is 0.460. The minimum Gasteiger partial charge on any atom is -0.496 e. The molecule has 1 fully saturated rings. The molecule has 0 amide bonds. The maximum absolute atomic E-state index is 5.26. The first kappa shape index (κ1) is 13.4. The largest absolute Gasteiger partial charge is 0.496 e. The van der Waals surface area contributed by atoms with E-state index in [9.17, 15) is 0 Å². The van der Waals surface area contributed by atoms with E-state index in [-0.39, 0.29) is 0 Å². The van der Waals surface area contributed by atoms with E-state index in [0.29, 0.717) is 4.83 Å². The highest BCUT2D eigenvalue weighted by atomic mass is 79.9. The van der Waals surface area contributed by atoms with Gasteiger partial charge in [-0.1, -0.05) is 41.8 Å². The summed E-state index contributed by atoms with van der Waals surface area (Å²) in [4.78, 5) is 0.460. The summed E-state index contributed by atoms with van der Waals surface area (Å²) < 4.78 is 6.30. The summed E-state index contributed by atoms with van der Waals surface area (Å²) in [5, 5.41) is 0. The third-order valence-electron chi connectivity index (χ3n) is 3.80. The van der Waals surface area contributed by atoms with Crippen molar-refractivity contribution in [3.05, 3.63) is 28.2 Å². The van der Waals surface area contributed by atoms with Crippen LogP contribution in [-0.2, 0) is 0 Å². The van der Waals surface area contributed by atoms with Crippen molar-refractivity contribution >= 4 is 31.9 Å². The molecular formula is C14H18Br2O. The number of hydrogen-bond acceptors (Lipinski definition) is 1. The maximum atomic E-state index is 5.26. The van der Waals surface area contributed by atoms with Crippen molar-refractivity contribution in [2.75, 3.05) is 7.11 Å².